The number of hydrogen-bond acceptors (Lipinski definition) is 6. The highest BCUT2D eigenvalue weighted by Crippen LogP contribution is 2.59. The lowest BCUT2D eigenvalue weighted by Crippen LogP contribution is -2.57. The van der Waals surface area contributed by atoms with E-state index in [1.54, 1.807) is 13.0 Å². The smallest absolute Gasteiger partial charge is 0.354 e. The zero-order valence-electron chi connectivity index (χ0n) is 16.8. The molecule has 0 bridgehead atoms. The largest absolute Gasteiger partial charge is 0.458 e. The summed E-state index contributed by atoms with van der Waals surface area (Å²) in [6.45, 7) is 5.66. The lowest BCUT2D eigenvalue weighted by atomic mass is 9.63. The van der Waals surface area contributed by atoms with Gasteiger partial charge in [0, 0.05) is 12.0 Å². The van der Waals surface area contributed by atoms with Crippen molar-refractivity contribution in [1.29, 1.82) is 0 Å². The van der Waals surface area contributed by atoms with Crippen LogP contribution in [0.2, 0.25) is 0 Å². The van der Waals surface area contributed by atoms with E-state index in [1.165, 1.54) is 6.08 Å². The van der Waals surface area contributed by atoms with E-state index in [0.717, 1.165) is 11.1 Å². The third-order valence-corrected chi connectivity index (χ3v) is 7.81. The number of ketones is 1. The molecule has 152 valence electrons. The van der Waals surface area contributed by atoms with Crippen molar-refractivity contribution in [3.8, 4) is 0 Å². The first-order valence-corrected chi connectivity index (χ1v) is 10.2. The van der Waals surface area contributed by atoms with Gasteiger partial charge in [-0.15, -0.1) is 0 Å². The van der Waals surface area contributed by atoms with Gasteiger partial charge in [0.25, 0.3) is 0 Å². The third-order valence-electron chi connectivity index (χ3n) is 7.81. The van der Waals surface area contributed by atoms with Crippen molar-refractivity contribution >= 4 is 17.5 Å². The summed E-state index contributed by atoms with van der Waals surface area (Å²) < 4.78 is 5.84. The SMILES string of the molecule is Cc1ccccc1C1=NOC2(C1)C(=O)O[C@@H]1[C@H]2CC[C@H](C)[C@]2(O)C=CC(=O)[C@@]12C. The van der Waals surface area contributed by atoms with Crippen LogP contribution in [0.4, 0.5) is 0 Å². The molecule has 1 spiro atoms. The summed E-state index contributed by atoms with van der Waals surface area (Å²) in [7, 11) is 0. The first kappa shape index (κ1) is 18.6. The fourth-order valence-electron chi connectivity index (χ4n) is 5.84. The van der Waals surface area contributed by atoms with Crippen molar-refractivity contribution in [1.82, 2.24) is 0 Å². The lowest BCUT2D eigenvalue weighted by Gasteiger charge is -2.43. The van der Waals surface area contributed by atoms with Crippen LogP contribution in [0.1, 0.15) is 44.2 Å². The molecule has 1 aromatic rings. The zero-order chi connectivity index (χ0) is 20.6. The van der Waals surface area contributed by atoms with E-state index in [4.69, 9.17) is 9.57 Å². The Hall–Kier alpha value is -2.47. The van der Waals surface area contributed by atoms with Gasteiger partial charge in [-0.3, -0.25) is 4.79 Å². The lowest BCUT2D eigenvalue weighted by molar-refractivity contribution is -0.169. The molecule has 29 heavy (non-hydrogen) atoms. The first-order valence-electron chi connectivity index (χ1n) is 10.2. The normalized spacial score (nSPS) is 42.9. The van der Waals surface area contributed by atoms with Gasteiger partial charge in [-0.25, -0.2) is 4.79 Å². The molecular formula is C23H25NO5. The van der Waals surface area contributed by atoms with Gasteiger partial charge < -0.3 is 14.7 Å². The third kappa shape index (κ3) is 2.13. The average molecular weight is 395 g/mol. The minimum Gasteiger partial charge on any atom is -0.458 e. The van der Waals surface area contributed by atoms with Crippen LogP contribution in [0.25, 0.3) is 0 Å². The number of oxime groups is 1. The number of aliphatic hydroxyl groups is 1. The molecule has 1 saturated carbocycles. The summed E-state index contributed by atoms with van der Waals surface area (Å²) in [6.07, 6.45) is 3.86. The summed E-state index contributed by atoms with van der Waals surface area (Å²) in [5, 5.41) is 15.7. The van der Waals surface area contributed by atoms with Crippen LogP contribution in [-0.4, -0.2) is 39.9 Å². The summed E-state index contributed by atoms with van der Waals surface area (Å²) in [6, 6.07) is 7.85. The van der Waals surface area contributed by atoms with Crippen molar-refractivity contribution in [2.75, 3.05) is 0 Å². The number of ether oxygens (including phenoxy) is 1. The molecule has 0 amide bonds. The molecular weight excluding hydrogens is 370 g/mol. The van der Waals surface area contributed by atoms with E-state index in [9.17, 15) is 14.7 Å². The van der Waals surface area contributed by atoms with Gasteiger partial charge >= 0.3 is 5.97 Å². The van der Waals surface area contributed by atoms with Gasteiger partial charge in [0.15, 0.2) is 5.78 Å². The maximum absolute atomic E-state index is 13.1. The van der Waals surface area contributed by atoms with Gasteiger partial charge in [-0.05, 0) is 50.3 Å². The highest BCUT2D eigenvalue weighted by Gasteiger charge is 2.73. The fourth-order valence-corrected chi connectivity index (χ4v) is 5.84. The Balaban J connectivity index is 1.55. The first-order chi connectivity index (χ1) is 13.7. The molecule has 1 saturated heterocycles. The molecule has 6 heteroatoms. The van der Waals surface area contributed by atoms with E-state index in [0.29, 0.717) is 25.0 Å². The molecule has 6 nitrogen and oxygen atoms in total. The van der Waals surface area contributed by atoms with Gasteiger partial charge in [-0.2, -0.15) is 0 Å². The Morgan fingerprint density at radius 2 is 1.97 bits per heavy atom. The van der Waals surface area contributed by atoms with Crippen LogP contribution in [0.15, 0.2) is 41.6 Å². The quantitative estimate of drug-likeness (QED) is 0.739. The van der Waals surface area contributed by atoms with Crippen molar-refractivity contribution in [3.63, 3.8) is 0 Å². The molecule has 0 aromatic heterocycles. The molecule has 2 heterocycles. The minimum atomic E-state index is -1.34. The number of allylic oxidation sites excluding steroid dienone is 1. The number of aryl methyl sites for hydroxylation is 1. The average Bonchev–Trinajstić information content (AvgIpc) is 3.31. The Labute approximate surface area is 169 Å². The van der Waals surface area contributed by atoms with Crippen molar-refractivity contribution < 1.29 is 24.3 Å². The fraction of sp³-hybridized carbons (Fsp3) is 0.522. The van der Waals surface area contributed by atoms with E-state index >= 15 is 0 Å². The Morgan fingerprint density at radius 3 is 2.72 bits per heavy atom. The Bertz CT molecular complexity index is 983. The number of hydrogen-bond donors (Lipinski definition) is 1. The zero-order valence-corrected chi connectivity index (χ0v) is 16.8. The number of esters is 1. The summed E-state index contributed by atoms with van der Waals surface area (Å²) in [5.41, 5.74) is -1.08. The Kier molecular flexibility index (Phi) is 3.70. The number of benzene rings is 1. The van der Waals surface area contributed by atoms with Crippen molar-refractivity contribution in [2.24, 2.45) is 22.4 Å². The van der Waals surface area contributed by atoms with Crippen LogP contribution in [0, 0.1) is 24.2 Å². The molecule has 6 atom stereocenters. The highest BCUT2D eigenvalue weighted by molar-refractivity contribution is 6.06. The summed E-state index contributed by atoms with van der Waals surface area (Å²) in [4.78, 5) is 31.9. The van der Waals surface area contributed by atoms with Gasteiger partial charge in [0.05, 0.1) is 11.6 Å². The second-order valence-corrected chi connectivity index (χ2v) is 9.15. The second-order valence-electron chi connectivity index (χ2n) is 9.15. The van der Waals surface area contributed by atoms with Gasteiger partial charge in [-0.1, -0.05) is 36.3 Å². The number of nitrogens with zero attached hydrogens (tertiary/aromatic N) is 1. The predicted molar refractivity (Wildman–Crippen MR) is 105 cm³/mol. The minimum absolute atomic E-state index is 0.144. The molecule has 2 fully saturated rings. The number of fused-ring (bicyclic) bond motifs is 4. The van der Waals surface area contributed by atoms with E-state index in [-0.39, 0.29) is 17.6 Å². The van der Waals surface area contributed by atoms with Crippen molar-refractivity contribution in [3.05, 3.63) is 47.5 Å². The predicted octanol–water partition coefficient (Wildman–Crippen LogP) is 2.71. The molecule has 5 rings (SSSR count). The molecule has 2 aliphatic carbocycles. The molecule has 1 unspecified atom stereocenters. The summed E-state index contributed by atoms with van der Waals surface area (Å²) in [5.74, 6) is -1.19. The topological polar surface area (TPSA) is 85.2 Å². The van der Waals surface area contributed by atoms with Crippen LogP contribution in [0.5, 0.6) is 0 Å². The van der Waals surface area contributed by atoms with Crippen LogP contribution >= 0.6 is 0 Å². The monoisotopic (exact) mass is 395 g/mol. The number of rotatable bonds is 1. The number of carbonyl (C=O) groups excluding carboxylic acids is 2. The molecule has 0 radical (unpaired) electrons. The van der Waals surface area contributed by atoms with Crippen LogP contribution in [0.3, 0.4) is 0 Å². The van der Waals surface area contributed by atoms with E-state index in [2.05, 4.69) is 5.16 Å². The summed E-state index contributed by atoms with van der Waals surface area (Å²) >= 11 is 0. The maximum atomic E-state index is 13.1. The molecule has 1 N–H and O–H groups in total. The van der Waals surface area contributed by atoms with E-state index in [1.807, 2.05) is 38.1 Å². The van der Waals surface area contributed by atoms with Gasteiger partial charge in [0.2, 0.25) is 5.60 Å². The Morgan fingerprint density at radius 1 is 1.21 bits per heavy atom. The number of carbonyl (C=O) groups is 2. The molecule has 2 aliphatic heterocycles. The van der Waals surface area contributed by atoms with Crippen molar-refractivity contribution in [2.45, 2.75) is 57.3 Å². The van der Waals surface area contributed by atoms with Crippen LogP contribution < -0.4 is 0 Å². The maximum Gasteiger partial charge on any atom is 0.354 e. The second kappa shape index (κ2) is 5.79. The van der Waals surface area contributed by atoms with Crippen LogP contribution in [-0.2, 0) is 19.2 Å². The van der Waals surface area contributed by atoms with Gasteiger partial charge in [0.1, 0.15) is 17.1 Å². The van der Waals surface area contributed by atoms with E-state index < -0.39 is 28.7 Å². The molecule has 1 aromatic carbocycles. The molecule has 4 aliphatic rings. The standard InChI is InChI=1S/C23H25NO5/c1-13-6-4-5-7-15(13)17-12-22(29-24-17)16-9-8-14(2)23(27)11-10-18(25)21(23,3)19(16)28-20(22)26/h4-7,10-11,14,16,19,27H,8-9,12H2,1-3H3/t14-,16+,19+,21-,22?,23+/m0/s1. The highest BCUT2D eigenvalue weighted by atomic mass is 16.7.